The largest absolute Gasteiger partial charge is 0.494 e. The third kappa shape index (κ3) is 15.3. The first-order valence-electron chi connectivity index (χ1n) is 21.5. The van der Waals surface area contributed by atoms with Gasteiger partial charge in [-0.25, -0.2) is 9.59 Å². The fraction of sp³-hybridized carbons (Fsp3) is 0.373. The highest BCUT2D eigenvalue weighted by molar-refractivity contribution is 5.91. The smallest absolute Gasteiger partial charge is 0.343 e. The monoisotopic (exact) mass is 857 g/mol. The molecule has 12 nitrogen and oxygen atoms in total. The molecule has 0 N–H and O–H groups in total. The molecule has 330 valence electrons. The summed E-state index contributed by atoms with van der Waals surface area (Å²) >= 11 is 0. The van der Waals surface area contributed by atoms with E-state index in [0.717, 1.165) is 37.7 Å². The maximum Gasteiger partial charge on any atom is 0.343 e. The molecule has 1 aliphatic rings. The van der Waals surface area contributed by atoms with Crippen molar-refractivity contribution in [1.29, 1.82) is 5.26 Å². The Kier molecular flexibility index (Phi) is 18.1. The summed E-state index contributed by atoms with van der Waals surface area (Å²) in [6.45, 7) is 5.74. The molecule has 0 heterocycles. The summed E-state index contributed by atoms with van der Waals surface area (Å²) in [7, 11) is 0. The van der Waals surface area contributed by atoms with E-state index in [1.54, 1.807) is 68.5 Å². The number of esters is 5. The Balaban J connectivity index is 1.12. The van der Waals surface area contributed by atoms with E-state index >= 15 is 0 Å². The van der Waals surface area contributed by atoms with Gasteiger partial charge in [0.25, 0.3) is 0 Å². The molecule has 12 heteroatoms. The van der Waals surface area contributed by atoms with Crippen molar-refractivity contribution >= 4 is 35.9 Å². The van der Waals surface area contributed by atoms with Crippen LogP contribution in [0.25, 0.3) is 6.08 Å². The van der Waals surface area contributed by atoms with E-state index in [0.29, 0.717) is 48.5 Å². The highest BCUT2D eigenvalue weighted by atomic mass is 16.6. The third-order valence-electron chi connectivity index (χ3n) is 11.0. The molecule has 1 fully saturated rings. The minimum atomic E-state index is -1.12. The predicted molar refractivity (Wildman–Crippen MR) is 235 cm³/mol. The van der Waals surface area contributed by atoms with Gasteiger partial charge in [0.15, 0.2) is 0 Å². The lowest BCUT2D eigenvalue weighted by Gasteiger charge is -2.31. The number of carbonyl (C=O) groups is 5. The van der Waals surface area contributed by atoms with E-state index in [1.807, 2.05) is 43.3 Å². The Bertz CT molecular complexity index is 2190. The van der Waals surface area contributed by atoms with E-state index in [9.17, 15) is 24.0 Å². The van der Waals surface area contributed by atoms with E-state index in [1.165, 1.54) is 30.3 Å². The van der Waals surface area contributed by atoms with Crippen LogP contribution in [0.1, 0.15) is 106 Å². The highest BCUT2D eigenvalue weighted by Crippen LogP contribution is 2.36. The number of nitriles is 1. The summed E-state index contributed by atoms with van der Waals surface area (Å²) in [6, 6.07) is 30.2. The van der Waals surface area contributed by atoms with Gasteiger partial charge in [-0.2, -0.15) is 5.26 Å². The second-order valence-electron chi connectivity index (χ2n) is 15.9. The van der Waals surface area contributed by atoms with E-state index < -0.39 is 41.1 Å². The average Bonchev–Trinajstić information content (AvgIpc) is 3.30. The van der Waals surface area contributed by atoms with Gasteiger partial charge in [-0.15, -0.1) is 0 Å². The van der Waals surface area contributed by atoms with Crippen LogP contribution in [0.2, 0.25) is 0 Å². The van der Waals surface area contributed by atoms with E-state index in [4.69, 9.17) is 33.7 Å². The minimum absolute atomic E-state index is 0.0752. The summed E-state index contributed by atoms with van der Waals surface area (Å²) in [5.41, 5.74) is 0.531. The van der Waals surface area contributed by atoms with Crippen molar-refractivity contribution in [2.45, 2.75) is 91.1 Å². The van der Waals surface area contributed by atoms with Crippen LogP contribution in [-0.4, -0.2) is 49.2 Å². The number of unbranched alkanes of at least 4 members (excludes halogenated alkanes) is 1. The van der Waals surface area contributed by atoms with Gasteiger partial charge in [0.2, 0.25) is 0 Å². The Morgan fingerprint density at radius 3 is 2.00 bits per heavy atom. The molecule has 0 amide bonds. The van der Waals surface area contributed by atoms with Crippen LogP contribution < -0.4 is 18.9 Å². The van der Waals surface area contributed by atoms with Crippen molar-refractivity contribution in [2.75, 3.05) is 13.2 Å². The van der Waals surface area contributed by atoms with Crippen LogP contribution in [0, 0.1) is 28.6 Å². The summed E-state index contributed by atoms with van der Waals surface area (Å²) < 4.78 is 34.0. The molecule has 4 aromatic rings. The normalized spacial score (nSPS) is 14.6. The molecule has 63 heavy (non-hydrogen) atoms. The zero-order chi connectivity index (χ0) is 45.0. The molecule has 3 unspecified atom stereocenters. The first-order valence-corrected chi connectivity index (χ1v) is 21.5. The Hall–Kier alpha value is -6.74. The summed E-state index contributed by atoms with van der Waals surface area (Å²) in [5, 5.41) is 8.95. The Morgan fingerprint density at radius 1 is 0.746 bits per heavy atom. The molecular formula is C51H55NO11. The van der Waals surface area contributed by atoms with Gasteiger partial charge in [0.05, 0.1) is 47.7 Å². The van der Waals surface area contributed by atoms with Crippen molar-refractivity contribution in [2.24, 2.45) is 17.3 Å². The summed E-state index contributed by atoms with van der Waals surface area (Å²) in [5.74, 6) is -2.57. The fourth-order valence-corrected chi connectivity index (χ4v) is 6.99. The molecule has 0 spiro atoms. The lowest BCUT2D eigenvalue weighted by molar-refractivity contribution is -0.158. The van der Waals surface area contributed by atoms with Gasteiger partial charge < -0.3 is 28.4 Å². The first kappa shape index (κ1) is 47.3. The van der Waals surface area contributed by atoms with Crippen LogP contribution >= 0.6 is 0 Å². The maximum absolute atomic E-state index is 13.8. The molecule has 5 rings (SSSR count). The fourth-order valence-electron chi connectivity index (χ4n) is 6.99. The van der Waals surface area contributed by atoms with Gasteiger partial charge in [-0.3, -0.25) is 14.4 Å². The van der Waals surface area contributed by atoms with E-state index in [2.05, 4.69) is 0 Å². The number of hydrogen-bond acceptors (Lipinski definition) is 12. The van der Waals surface area contributed by atoms with Crippen molar-refractivity contribution in [1.82, 2.24) is 0 Å². The van der Waals surface area contributed by atoms with Gasteiger partial charge in [0.1, 0.15) is 29.1 Å². The van der Waals surface area contributed by atoms with Gasteiger partial charge in [0, 0.05) is 6.08 Å². The highest BCUT2D eigenvalue weighted by Gasteiger charge is 2.40. The zero-order valence-electron chi connectivity index (χ0n) is 36.1. The predicted octanol–water partition coefficient (Wildman–Crippen LogP) is 10.0. The van der Waals surface area contributed by atoms with Gasteiger partial charge in [-0.1, -0.05) is 50.6 Å². The van der Waals surface area contributed by atoms with Crippen LogP contribution in [0.3, 0.4) is 0 Å². The topological polar surface area (TPSA) is 165 Å². The second-order valence-corrected chi connectivity index (χ2v) is 15.9. The lowest BCUT2D eigenvalue weighted by Crippen LogP contribution is -2.37. The quantitative estimate of drug-likeness (QED) is 0.0338. The number of ether oxygens (including phenoxy) is 6. The molecule has 1 saturated carbocycles. The van der Waals surface area contributed by atoms with Crippen LogP contribution in [0.4, 0.5) is 0 Å². The van der Waals surface area contributed by atoms with Crippen molar-refractivity contribution in [3.63, 3.8) is 0 Å². The summed E-state index contributed by atoms with van der Waals surface area (Å²) in [6.07, 6.45) is 9.23. The molecule has 0 radical (unpaired) electrons. The number of hydrogen-bond donors (Lipinski definition) is 0. The van der Waals surface area contributed by atoms with Crippen molar-refractivity contribution in [3.8, 4) is 29.1 Å². The SMILES string of the molecule is CCC(C)(CC(CC(C)C(=O)OC1CCCCC1)C(=O)OCCCCOc1ccc(C(=O)Oc2ccc(C#N)cc2)cc1)C(=O)Oc1ccc(OC(=O)/C=C/c2ccccc2)cc1. The van der Waals surface area contributed by atoms with Gasteiger partial charge >= 0.3 is 29.8 Å². The molecule has 0 aromatic heterocycles. The first-order chi connectivity index (χ1) is 30.4. The maximum atomic E-state index is 13.8. The molecule has 4 aromatic carbocycles. The number of nitrogens with zero attached hydrogens (tertiary/aromatic N) is 1. The third-order valence-corrected chi connectivity index (χ3v) is 11.0. The molecule has 0 bridgehead atoms. The standard InChI is InChI=1S/C51H55NO11/c1-4-51(3,50(57)63-45-28-26-43(27-29-45)60-46(53)30-19-37-13-7-5-8-14-37)34-40(33-36(2)47(54)61-42-15-9-6-10-16-42)48(55)59-32-12-11-31-58-41-24-20-39(21-25-41)49(56)62-44-22-17-38(35-52)18-23-44/h5,7-8,13-14,17-30,36,40,42H,4,6,9-12,15-16,31-34H2,1-3H3/b30-19+. The second kappa shape index (κ2) is 24.0. The van der Waals surface area contributed by atoms with E-state index in [-0.39, 0.29) is 43.0 Å². The van der Waals surface area contributed by atoms with Crippen molar-refractivity contribution in [3.05, 3.63) is 126 Å². The number of benzene rings is 4. The van der Waals surface area contributed by atoms with Gasteiger partial charge in [-0.05, 0) is 149 Å². The lowest BCUT2D eigenvalue weighted by atomic mass is 9.76. The summed E-state index contributed by atoms with van der Waals surface area (Å²) in [4.78, 5) is 65.7. The molecule has 3 atom stereocenters. The average molecular weight is 858 g/mol. The Morgan fingerprint density at radius 2 is 1.35 bits per heavy atom. The van der Waals surface area contributed by atoms with Crippen LogP contribution in [0.15, 0.2) is 109 Å². The number of carbonyl (C=O) groups excluding carboxylic acids is 5. The molecule has 0 aliphatic heterocycles. The van der Waals surface area contributed by atoms with Crippen LogP contribution in [0.5, 0.6) is 23.0 Å². The van der Waals surface area contributed by atoms with Crippen molar-refractivity contribution < 1.29 is 52.4 Å². The van der Waals surface area contributed by atoms with Crippen LogP contribution in [-0.2, 0) is 28.7 Å². The molecule has 1 aliphatic carbocycles. The Labute approximate surface area is 369 Å². The zero-order valence-corrected chi connectivity index (χ0v) is 36.1. The number of rotatable bonds is 21. The molecule has 0 saturated heterocycles. The minimum Gasteiger partial charge on any atom is -0.494 e. The molecular weight excluding hydrogens is 803 g/mol.